The van der Waals surface area contributed by atoms with Crippen molar-refractivity contribution in [2.45, 2.75) is 19.9 Å². The molecule has 0 unspecified atom stereocenters. The number of carbonyl (C=O) groups excluding carboxylic acids is 1. The van der Waals surface area contributed by atoms with E-state index in [1.54, 1.807) is 24.5 Å². The van der Waals surface area contributed by atoms with Crippen molar-refractivity contribution in [3.63, 3.8) is 0 Å². The Kier molecular flexibility index (Phi) is 6.43. The first-order valence-corrected chi connectivity index (χ1v) is 12.4. The van der Waals surface area contributed by atoms with Gasteiger partial charge in [-0.1, -0.05) is 54.3 Å². The number of benzene rings is 2. The summed E-state index contributed by atoms with van der Waals surface area (Å²) in [6.07, 6.45) is 5.43. The first-order valence-electron chi connectivity index (χ1n) is 11.6. The van der Waals surface area contributed by atoms with Crippen molar-refractivity contribution in [3.8, 4) is 5.75 Å². The lowest BCUT2D eigenvalue weighted by Gasteiger charge is -2.24. The number of nitrogens with one attached hydrogen (secondary N) is 1. The summed E-state index contributed by atoms with van der Waals surface area (Å²) in [5.74, 6) is 0.186. The van der Waals surface area contributed by atoms with E-state index in [4.69, 9.17) is 9.47 Å². The fourth-order valence-corrected chi connectivity index (χ4v) is 5.40. The van der Waals surface area contributed by atoms with Crippen LogP contribution < -0.4 is 19.6 Å². The van der Waals surface area contributed by atoms with Crippen LogP contribution in [0.25, 0.3) is 17.0 Å². The number of esters is 1. The van der Waals surface area contributed by atoms with E-state index in [0.29, 0.717) is 33.0 Å². The Hall–Kier alpha value is -4.17. The quantitative estimate of drug-likeness (QED) is 0.309. The van der Waals surface area contributed by atoms with Gasteiger partial charge in [0.2, 0.25) is 0 Å². The minimum Gasteiger partial charge on any atom is -0.490 e. The number of aromatic nitrogens is 2. The van der Waals surface area contributed by atoms with Crippen LogP contribution in [0, 0.1) is 0 Å². The molecule has 0 fully saturated rings. The van der Waals surface area contributed by atoms with Gasteiger partial charge >= 0.3 is 5.97 Å². The fourth-order valence-electron chi connectivity index (χ4n) is 4.36. The third kappa shape index (κ3) is 4.20. The molecule has 7 nitrogen and oxygen atoms in total. The van der Waals surface area contributed by atoms with E-state index in [0.717, 1.165) is 22.0 Å². The Morgan fingerprint density at radius 1 is 1.22 bits per heavy atom. The lowest BCUT2D eigenvalue weighted by Crippen LogP contribution is -2.39. The van der Waals surface area contributed by atoms with Crippen molar-refractivity contribution in [1.29, 1.82) is 0 Å². The molecule has 1 N–H and O–H groups in total. The van der Waals surface area contributed by atoms with Gasteiger partial charge in [-0.2, -0.15) is 0 Å². The highest BCUT2D eigenvalue weighted by atomic mass is 32.1. The van der Waals surface area contributed by atoms with Gasteiger partial charge in [-0.25, -0.2) is 9.79 Å². The van der Waals surface area contributed by atoms with Crippen LogP contribution in [0.15, 0.2) is 88.4 Å². The standard InChI is InChI=1S/C28H25N3O4S/c1-4-14-35-20-12-10-18(11-13-20)25-24(27(33)34-5-2)17(3)30-28-31(25)26(32)23(36-28)15-19-16-29-22-9-7-6-8-21(19)22/h4,6-13,15-16,25,29H,1,5,14H2,2-3H3/t25-/m1/s1. The van der Waals surface area contributed by atoms with E-state index < -0.39 is 12.0 Å². The smallest absolute Gasteiger partial charge is 0.338 e. The molecule has 0 radical (unpaired) electrons. The first-order chi connectivity index (χ1) is 17.5. The molecule has 182 valence electrons. The van der Waals surface area contributed by atoms with Crippen LogP contribution in [0.2, 0.25) is 0 Å². The van der Waals surface area contributed by atoms with E-state index in [-0.39, 0.29) is 12.2 Å². The summed E-state index contributed by atoms with van der Waals surface area (Å²) >= 11 is 1.30. The number of rotatable bonds is 7. The lowest BCUT2D eigenvalue weighted by molar-refractivity contribution is -0.139. The van der Waals surface area contributed by atoms with Crippen LogP contribution in [-0.4, -0.2) is 28.7 Å². The number of fused-ring (bicyclic) bond motifs is 2. The van der Waals surface area contributed by atoms with Crippen LogP contribution >= 0.6 is 11.3 Å². The largest absolute Gasteiger partial charge is 0.490 e. The average Bonchev–Trinajstić information content (AvgIpc) is 3.43. The fraction of sp³-hybridized carbons (Fsp3) is 0.179. The molecule has 5 rings (SSSR count). The minimum atomic E-state index is -0.668. The predicted octanol–water partition coefficient (Wildman–Crippen LogP) is 3.84. The normalized spacial score (nSPS) is 15.5. The zero-order valence-corrected chi connectivity index (χ0v) is 20.8. The molecule has 8 heteroatoms. The molecule has 36 heavy (non-hydrogen) atoms. The second kappa shape index (κ2) is 9.83. The molecule has 1 aliphatic rings. The zero-order chi connectivity index (χ0) is 25.2. The van der Waals surface area contributed by atoms with Crippen LogP contribution in [0.3, 0.4) is 0 Å². The van der Waals surface area contributed by atoms with Gasteiger partial charge in [0, 0.05) is 22.7 Å². The molecule has 0 amide bonds. The molecule has 2 aromatic carbocycles. The molecule has 0 saturated heterocycles. The van der Waals surface area contributed by atoms with Crippen molar-refractivity contribution >= 4 is 34.3 Å². The molecule has 1 aliphatic heterocycles. The van der Waals surface area contributed by atoms with Crippen molar-refractivity contribution in [3.05, 3.63) is 109 Å². The van der Waals surface area contributed by atoms with Gasteiger partial charge in [-0.3, -0.25) is 9.36 Å². The maximum absolute atomic E-state index is 13.8. The summed E-state index contributed by atoms with van der Waals surface area (Å²) in [5.41, 5.74) is 3.34. The first kappa shape index (κ1) is 23.6. The Morgan fingerprint density at radius 2 is 2.00 bits per heavy atom. The van der Waals surface area contributed by atoms with Crippen LogP contribution in [-0.2, 0) is 9.53 Å². The van der Waals surface area contributed by atoms with Gasteiger partial charge in [-0.05, 0) is 43.7 Å². The van der Waals surface area contributed by atoms with Gasteiger partial charge in [0.15, 0.2) is 4.80 Å². The topological polar surface area (TPSA) is 85.7 Å². The third-order valence-electron chi connectivity index (χ3n) is 5.99. The van der Waals surface area contributed by atoms with Crippen LogP contribution in [0.1, 0.15) is 31.0 Å². The minimum absolute atomic E-state index is 0.213. The van der Waals surface area contributed by atoms with Crippen molar-refractivity contribution < 1.29 is 14.3 Å². The Bertz CT molecular complexity index is 1670. The number of hydrogen-bond acceptors (Lipinski definition) is 6. The van der Waals surface area contributed by atoms with E-state index in [9.17, 15) is 9.59 Å². The van der Waals surface area contributed by atoms with E-state index in [2.05, 4.69) is 16.6 Å². The predicted molar refractivity (Wildman–Crippen MR) is 141 cm³/mol. The summed E-state index contributed by atoms with van der Waals surface area (Å²) in [6.45, 7) is 7.81. The summed E-state index contributed by atoms with van der Waals surface area (Å²) < 4.78 is 13.1. The molecule has 3 heterocycles. The number of aromatic amines is 1. The van der Waals surface area contributed by atoms with Gasteiger partial charge in [0.1, 0.15) is 12.4 Å². The lowest BCUT2D eigenvalue weighted by atomic mass is 9.96. The maximum Gasteiger partial charge on any atom is 0.338 e. The second-order valence-electron chi connectivity index (χ2n) is 8.26. The molecular formula is C28H25N3O4S. The third-order valence-corrected chi connectivity index (χ3v) is 6.97. The van der Waals surface area contributed by atoms with Crippen LogP contribution in [0.4, 0.5) is 0 Å². The molecule has 1 atom stereocenters. The Balaban J connectivity index is 1.68. The van der Waals surface area contributed by atoms with E-state index in [1.165, 1.54) is 11.3 Å². The number of carbonyl (C=O) groups is 1. The summed E-state index contributed by atoms with van der Waals surface area (Å²) in [5, 5.41) is 1.03. The number of hydrogen-bond donors (Lipinski definition) is 1. The highest BCUT2D eigenvalue weighted by molar-refractivity contribution is 7.07. The van der Waals surface area contributed by atoms with Gasteiger partial charge in [-0.15, -0.1) is 0 Å². The second-order valence-corrected chi connectivity index (χ2v) is 9.27. The molecular weight excluding hydrogens is 474 g/mol. The van der Waals surface area contributed by atoms with E-state index >= 15 is 0 Å². The number of H-pyrrole nitrogens is 1. The monoisotopic (exact) mass is 499 g/mol. The van der Waals surface area contributed by atoms with Crippen molar-refractivity contribution in [2.24, 2.45) is 4.99 Å². The number of ether oxygens (including phenoxy) is 2. The number of thiazole rings is 1. The zero-order valence-electron chi connectivity index (χ0n) is 20.0. The molecule has 0 saturated carbocycles. The highest BCUT2D eigenvalue weighted by Gasteiger charge is 2.33. The average molecular weight is 500 g/mol. The number of para-hydroxylation sites is 1. The van der Waals surface area contributed by atoms with Gasteiger partial charge in [0.05, 0.1) is 28.5 Å². The molecule has 0 bridgehead atoms. The summed E-state index contributed by atoms with van der Waals surface area (Å²) in [7, 11) is 0. The molecule has 0 spiro atoms. The Labute approximate surface area is 211 Å². The highest BCUT2D eigenvalue weighted by Crippen LogP contribution is 2.31. The maximum atomic E-state index is 13.8. The number of allylic oxidation sites excluding steroid dienone is 1. The Morgan fingerprint density at radius 3 is 2.75 bits per heavy atom. The summed E-state index contributed by atoms with van der Waals surface area (Å²) in [4.78, 5) is 35.2. The van der Waals surface area contributed by atoms with E-state index in [1.807, 2.05) is 60.8 Å². The van der Waals surface area contributed by atoms with Crippen molar-refractivity contribution in [2.75, 3.05) is 13.2 Å². The van der Waals surface area contributed by atoms with Crippen LogP contribution in [0.5, 0.6) is 5.75 Å². The van der Waals surface area contributed by atoms with Crippen molar-refractivity contribution in [1.82, 2.24) is 9.55 Å². The number of nitrogens with zero attached hydrogens (tertiary/aromatic N) is 2. The van der Waals surface area contributed by atoms with Gasteiger partial charge < -0.3 is 14.5 Å². The molecule has 2 aromatic heterocycles. The SMILES string of the molecule is C=CCOc1ccc([C@@H]2C(C(=O)OCC)=C(C)N=c3sc(=Cc4c[nH]c5ccccc45)c(=O)n32)cc1. The molecule has 4 aromatic rings. The molecule has 0 aliphatic carbocycles. The summed E-state index contributed by atoms with van der Waals surface area (Å²) in [6, 6.07) is 14.6. The van der Waals surface area contributed by atoms with Gasteiger partial charge in [0.25, 0.3) is 5.56 Å².